The van der Waals surface area contributed by atoms with E-state index >= 15 is 0 Å². The summed E-state index contributed by atoms with van der Waals surface area (Å²) in [5, 5.41) is 3.26. The lowest BCUT2D eigenvalue weighted by Gasteiger charge is -2.29. The molecule has 1 aliphatic heterocycles. The molecule has 4 rings (SSSR count). The summed E-state index contributed by atoms with van der Waals surface area (Å²) >= 11 is 9.39. The molecule has 148 valence electrons. The molecule has 3 aromatic rings. The molecule has 0 spiro atoms. The Morgan fingerprint density at radius 1 is 1.00 bits per heavy atom. The molecule has 0 saturated carbocycles. The first-order valence-electron chi connectivity index (χ1n) is 8.78. The van der Waals surface area contributed by atoms with Gasteiger partial charge in [0, 0.05) is 15.2 Å². The van der Waals surface area contributed by atoms with Gasteiger partial charge in [0.15, 0.2) is 0 Å². The quantitative estimate of drug-likeness (QED) is 0.570. The number of halogens is 2. The van der Waals surface area contributed by atoms with Crippen LogP contribution in [-0.2, 0) is 14.8 Å². The largest absolute Gasteiger partial charge is 0.325 e. The van der Waals surface area contributed by atoms with Crippen molar-refractivity contribution in [3.8, 4) is 0 Å². The fourth-order valence-corrected chi connectivity index (χ4v) is 5.45. The van der Waals surface area contributed by atoms with E-state index in [1.807, 2.05) is 42.5 Å². The first-order chi connectivity index (χ1) is 13.9. The molecular weight excluding hydrogens is 476 g/mol. The summed E-state index contributed by atoms with van der Waals surface area (Å²) in [6.07, 6.45) is 0. The molecule has 0 saturated heterocycles. The smallest absolute Gasteiger partial charge is 0.244 e. The number of hydrogen-bond donors (Lipinski definition) is 1. The van der Waals surface area contributed by atoms with E-state index in [-0.39, 0.29) is 11.4 Å². The Kier molecular flexibility index (Phi) is 5.48. The zero-order valence-electron chi connectivity index (χ0n) is 15.0. The monoisotopic (exact) mass is 490 g/mol. The van der Waals surface area contributed by atoms with Crippen LogP contribution in [0.4, 0.5) is 5.69 Å². The van der Waals surface area contributed by atoms with Crippen molar-refractivity contribution in [2.75, 3.05) is 11.9 Å². The zero-order chi connectivity index (χ0) is 20.6. The van der Waals surface area contributed by atoms with Crippen LogP contribution in [0, 0.1) is 0 Å². The van der Waals surface area contributed by atoms with Crippen LogP contribution in [0.25, 0.3) is 0 Å². The minimum atomic E-state index is -3.99. The highest BCUT2D eigenvalue weighted by atomic mass is 79.9. The van der Waals surface area contributed by atoms with Gasteiger partial charge in [-0.05, 0) is 53.6 Å². The van der Waals surface area contributed by atoms with Crippen molar-refractivity contribution in [1.29, 1.82) is 0 Å². The number of sulfonamides is 1. The Bertz CT molecular complexity index is 1170. The Morgan fingerprint density at radius 2 is 1.69 bits per heavy atom. The van der Waals surface area contributed by atoms with Crippen LogP contribution in [0.2, 0.25) is 5.02 Å². The standard InChI is InChI=1S/C21H16BrClN2O3S/c22-15-6-11-19-18(12-15)21(14-4-2-1-3-5-14)25(13-20(26)24-19)29(27,28)17-9-7-16(23)8-10-17/h1-12,21H,13H2,(H,24,26)/t21-/m1/s1. The highest BCUT2D eigenvalue weighted by molar-refractivity contribution is 9.10. The van der Waals surface area contributed by atoms with Crippen LogP contribution in [0.15, 0.2) is 82.2 Å². The zero-order valence-corrected chi connectivity index (χ0v) is 18.2. The van der Waals surface area contributed by atoms with E-state index in [4.69, 9.17) is 11.6 Å². The summed E-state index contributed by atoms with van der Waals surface area (Å²) in [6.45, 7) is -0.309. The van der Waals surface area contributed by atoms with Gasteiger partial charge in [0.2, 0.25) is 15.9 Å². The summed E-state index contributed by atoms with van der Waals surface area (Å²) in [6, 6.07) is 20.0. The van der Waals surface area contributed by atoms with Crippen LogP contribution < -0.4 is 5.32 Å². The lowest BCUT2D eigenvalue weighted by atomic mass is 9.97. The molecule has 1 amide bonds. The van der Waals surface area contributed by atoms with Gasteiger partial charge in [-0.15, -0.1) is 0 Å². The van der Waals surface area contributed by atoms with Gasteiger partial charge >= 0.3 is 0 Å². The number of nitrogens with one attached hydrogen (secondary N) is 1. The van der Waals surface area contributed by atoms with Gasteiger partial charge in [-0.25, -0.2) is 8.42 Å². The molecule has 0 radical (unpaired) electrons. The van der Waals surface area contributed by atoms with E-state index in [2.05, 4.69) is 21.2 Å². The predicted octanol–water partition coefficient (Wildman–Crippen LogP) is 4.83. The molecular formula is C21H16BrClN2O3S. The van der Waals surface area contributed by atoms with E-state index < -0.39 is 22.0 Å². The maximum atomic E-state index is 13.6. The number of benzene rings is 3. The number of hydrogen-bond acceptors (Lipinski definition) is 3. The van der Waals surface area contributed by atoms with Gasteiger partial charge in [0.05, 0.1) is 17.5 Å². The van der Waals surface area contributed by atoms with E-state index in [1.54, 1.807) is 6.07 Å². The molecule has 0 unspecified atom stereocenters. The molecule has 1 heterocycles. The predicted molar refractivity (Wildman–Crippen MR) is 116 cm³/mol. The number of amides is 1. The number of nitrogens with zero attached hydrogens (tertiary/aromatic N) is 1. The lowest BCUT2D eigenvalue weighted by molar-refractivity contribution is -0.116. The van der Waals surface area contributed by atoms with Crippen LogP contribution in [0.5, 0.6) is 0 Å². The number of fused-ring (bicyclic) bond motifs is 1. The minimum Gasteiger partial charge on any atom is -0.325 e. The molecule has 29 heavy (non-hydrogen) atoms. The van der Waals surface area contributed by atoms with Crippen LogP contribution in [-0.4, -0.2) is 25.2 Å². The van der Waals surface area contributed by atoms with Gasteiger partial charge in [-0.1, -0.05) is 57.9 Å². The Morgan fingerprint density at radius 3 is 2.38 bits per heavy atom. The molecule has 1 aliphatic rings. The van der Waals surface area contributed by atoms with Crippen LogP contribution in [0.1, 0.15) is 17.2 Å². The number of carbonyl (C=O) groups is 1. The lowest BCUT2D eigenvalue weighted by Crippen LogP contribution is -2.38. The number of anilines is 1. The third-order valence-electron chi connectivity index (χ3n) is 4.71. The Labute approximate surface area is 182 Å². The van der Waals surface area contributed by atoms with Crippen molar-refractivity contribution in [3.63, 3.8) is 0 Å². The Balaban J connectivity index is 1.95. The molecule has 0 fully saturated rings. The third kappa shape index (κ3) is 3.96. The van der Waals surface area contributed by atoms with Gasteiger partial charge in [0.25, 0.3) is 0 Å². The molecule has 0 aromatic heterocycles. The van der Waals surface area contributed by atoms with E-state index in [0.717, 1.165) is 10.0 Å². The van der Waals surface area contributed by atoms with Gasteiger partial charge in [-0.3, -0.25) is 4.79 Å². The van der Waals surface area contributed by atoms with Gasteiger partial charge < -0.3 is 5.32 Å². The topological polar surface area (TPSA) is 66.5 Å². The summed E-state index contributed by atoms with van der Waals surface area (Å²) in [7, 11) is -3.99. The molecule has 8 heteroatoms. The highest BCUT2D eigenvalue weighted by Gasteiger charge is 2.38. The highest BCUT2D eigenvalue weighted by Crippen LogP contribution is 2.40. The van der Waals surface area contributed by atoms with E-state index in [1.165, 1.54) is 28.6 Å². The molecule has 1 N–H and O–H groups in total. The average Bonchev–Trinajstić information content (AvgIpc) is 2.85. The van der Waals surface area contributed by atoms with Crippen molar-refractivity contribution < 1.29 is 13.2 Å². The number of rotatable bonds is 3. The van der Waals surface area contributed by atoms with Crippen molar-refractivity contribution >= 4 is 49.1 Å². The second kappa shape index (κ2) is 7.91. The second-order valence-corrected chi connectivity index (χ2v) is 9.84. The number of carbonyl (C=O) groups excluding carboxylic acids is 1. The van der Waals surface area contributed by atoms with Crippen LogP contribution >= 0.6 is 27.5 Å². The molecule has 0 bridgehead atoms. The first kappa shape index (κ1) is 20.1. The second-order valence-electron chi connectivity index (χ2n) is 6.60. The minimum absolute atomic E-state index is 0.0778. The summed E-state index contributed by atoms with van der Waals surface area (Å²) < 4.78 is 29.2. The van der Waals surface area contributed by atoms with Crippen molar-refractivity contribution in [1.82, 2.24) is 4.31 Å². The Hall–Kier alpha value is -2.19. The van der Waals surface area contributed by atoms with Gasteiger partial charge in [-0.2, -0.15) is 4.31 Å². The maximum absolute atomic E-state index is 13.6. The van der Waals surface area contributed by atoms with Crippen molar-refractivity contribution in [2.24, 2.45) is 0 Å². The summed E-state index contributed by atoms with van der Waals surface area (Å²) in [4.78, 5) is 12.7. The molecule has 3 aromatic carbocycles. The normalized spacial score (nSPS) is 17.3. The maximum Gasteiger partial charge on any atom is 0.244 e. The third-order valence-corrected chi connectivity index (χ3v) is 7.28. The summed E-state index contributed by atoms with van der Waals surface area (Å²) in [5.74, 6) is -0.399. The van der Waals surface area contributed by atoms with E-state index in [0.29, 0.717) is 16.3 Å². The molecule has 5 nitrogen and oxygen atoms in total. The first-order valence-corrected chi connectivity index (χ1v) is 11.4. The van der Waals surface area contributed by atoms with E-state index in [9.17, 15) is 13.2 Å². The van der Waals surface area contributed by atoms with Crippen molar-refractivity contribution in [2.45, 2.75) is 10.9 Å². The van der Waals surface area contributed by atoms with Gasteiger partial charge in [0.1, 0.15) is 0 Å². The fourth-order valence-electron chi connectivity index (χ4n) is 3.40. The molecule has 1 atom stereocenters. The average molecular weight is 492 g/mol. The fraction of sp³-hybridized carbons (Fsp3) is 0.0952. The SMILES string of the molecule is O=C1CN(S(=O)(=O)c2ccc(Cl)cc2)[C@H](c2ccccc2)c2cc(Br)ccc2N1. The summed E-state index contributed by atoms with van der Waals surface area (Å²) in [5.41, 5.74) is 2.04. The van der Waals surface area contributed by atoms with Crippen molar-refractivity contribution in [3.05, 3.63) is 93.4 Å². The van der Waals surface area contributed by atoms with Crippen LogP contribution in [0.3, 0.4) is 0 Å². The molecule has 0 aliphatic carbocycles.